The molecule has 0 saturated carbocycles. The van der Waals surface area contributed by atoms with Crippen LogP contribution in [0.4, 0.5) is 0 Å². The van der Waals surface area contributed by atoms with E-state index < -0.39 is 0 Å². The first-order valence-corrected chi connectivity index (χ1v) is 3.55. The van der Waals surface area contributed by atoms with E-state index in [2.05, 4.69) is 21.3 Å². The van der Waals surface area contributed by atoms with Crippen molar-refractivity contribution in [2.24, 2.45) is 7.05 Å². The number of hydrogen-bond donors (Lipinski definition) is 0. The summed E-state index contributed by atoms with van der Waals surface area (Å²) in [4.78, 5) is 12.1. The van der Waals surface area contributed by atoms with E-state index in [-0.39, 0.29) is 0 Å². The number of imidazole rings is 1. The Kier molecular flexibility index (Phi) is 1.59. The predicted molar refractivity (Wildman–Crippen MR) is 43.1 cm³/mol. The van der Waals surface area contributed by atoms with Crippen molar-refractivity contribution in [1.82, 2.24) is 19.5 Å². The molecule has 0 aromatic carbocycles. The van der Waals surface area contributed by atoms with Crippen molar-refractivity contribution in [2.45, 2.75) is 0 Å². The molecule has 0 N–H and O–H groups in total. The third-order valence-electron chi connectivity index (χ3n) is 1.44. The molecule has 2 aromatic heterocycles. The van der Waals surface area contributed by atoms with Crippen LogP contribution in [0.2, 0.25) is 0 Å². The lowest BCUT2D eigenvalue weighted by Gasteiger charge is -1.90. The standard InChI is InChI=1S/C8H7N4/c1-12-5-7(11-6-12)8-9-3-2-4-10-8/h2-5H,1H3. The van der Waals surface area contributed by atoms with Crippen molar-refractivity contribution in [2.75, 3.05) is 0 Å². The van der Waals surface area contributed by atoms with E-state index in [0.29, 0.717) is 5.82 Å². The molecule has 0 amide bonds. The molecular formula is C8H7N4. The molecule has 0 unspecified atom stereocenters. The minimum Gasteiger partial charge on any atom is -0.331 e. The Morgan fingerprint density at radius 2 is 2.08 bits per heavy atom. The van der Waals surface area contributed by atoms with Gasteiger partial charge in [-0.3, -0.25) is 0 Å². The van der Waals surface area contributed by atoms with E-state index in [0.717, 1.165) is 5.69 Å². The number of nitrogens with zero attached hydrogens (tertiary/aromatic N) is 4. The molecule has 12 heavy (non-hydrogen) atoms. The van der Waals surface area contributed by atoms with Crippen LogP contribution in [0.15, 0.2) is 24.7 Å². The number of rotatable bonds is 1. The van der Waals surface area contributed by atoms with Crippen molar-refractivity contribution in [3.63, 3.8) is 0 Å². The van der Waals surface area contributed by atoms with Crippen LogP contribution >= 0.6 is 0 Å². The molecule has 0 aliphatic heterocycles. The second kappa shape index (κ2) is 2.73. The second-order valence-electron chi connectivity index (χ2n) is 2.41. The molecule has 0 atom stereocenters. The van der Waals surface area contributed by atoms with Crippen molar-refractivity contribution >= 4 is 0 Å². The van der Waals surface area contributed by atoms with Crippen LogP contribution in [0, 0.1) is 6.33 Å². The quantitative estimate of drug-likeness (QED) is 0.614. The van der Waals surface area contributed by atoms with E-state index >= 15 is 0 Å². The molecule has 2 rings (SSSR count). The lowest BCUT2D eigenvalue weighted by atomic mass is 10.4. The maximum atomic E-state index is 4.06. The summed E-state index contributed by atoms with van der Waals surface area (Å²) in [6, 6.07) is 1.77. The van der Waals surface area contributed by atoms with Gasteiger partial charge in [-0.15, -0.1) is 0 Å². The molecule has 59 valence electrons. The van der Waals surface area contributed by atoms with E-state index in [1.54, 1.807) is 23.0 Å². The Morgan fingerprint density at radius 1 is 1.33 bits per heavy atom. The van der Waals surface area contributed by atoms with Crippen LogP contribution in [0.3, 0.4) is 0 Å². The molecule has 4 heteroatoms. The fourth-order valence-corrected chi connectivity index (χ4v) is 0.913. The Hall–Kier alpha value is -1.71. The number of hydrogen-bond acceptors (Lipinski definition) is 3. The molecule has 0 bridgehead atoms. The number of aryl methyl sites for hydroxylation is 1. The SMILES string of the molecule is Cn1[c]nc(-c2ncccn2)c1. The molecule has 4 nitrogen and oxygen atoms in total. The van der Waals surface area contributed by atoms with E-state index in [1.165, 1.54) is 0 Å². The third kappa shape index (κ3) is 1.18. The minimum absolute atomic E-state index is 0.634. The van der Waals surface area contributed by atoms with Crippen molar-refractivity contribution in [3.05, 3.63) is 31.0 Å². The summed E-state index contributed by atoms with van der Waals surface area (Å²) in [6.45, 7) is 0. The van der Waals surface area contributed by atoms with Gasteiger partial charge in [-0.1, -0.05) is 0 Å². The van der Waals surface area contributed by atoms with E-state index in [1.807, 2.05) is 13.2 Å². The topological polar surface area (TPSA) is 43.6 Å². The third-order valence-corrected chi connectivity index (χ3v) is 1.44. The Bertz CT molecular complexity index is 366. The van der Waals surface area contributed by atoms with E-state index in [9.17, 15) is 0 Å². The predicted octanol–water partition coefficient (Wildman–Crippen LogP) is 0.677. The second-order valence-corrected chi connectivity index (χ2v) is 2.41. The number of aromatic nitrogens is 4. The molecule has 0 fully saturated rings. The smallest absolute Gasteiger partial charge is 0.179 e. The highest BCUT2D eigenvalue weighted by Gasteiger charge is 2.01. The summed E-state index contributed by atoms with van der Waals surface area (Å²) in [6.07, 6.45) is 7.97. The zero-order valence-corrected chi connectivity index (χ0v) is 6.60. The van der Waals surface area contributed by atoms with Gasteiger partial charge in [0.15, 0.2) is 12.2 Å². The lowest BCUT2D eigenvalue weighted by molar-refractivity contribution is 0.902. The lowest BCUT2D eigenvalue weighted by Crippen LogP contribution is -1.86. The fraction of sp³-hybridized carbons (Fsp3) is 0.125. The summed E-state index contributed by atoms with van der Waals surface area (Å²) in [5.41, 5.74) is 0.748. The van der Waals surface area contributed by atoms with Crippen molar-refractivity contribution < 1.29 is 0 Å². The maximum absolute atomic E-state index is 4.06. The summed E-state index contributed by atoms with van der Waals surface area (Å²) >= 11 is 0. The van der Waals surface area contributed by atoms with Crippen LogP contribution in [0.1, 0.15) is 0 Å². The van der Waals surface area contributed by atoms with E-state index in [4.69, 9.17) is 0 Å². The van der Waals surface area contributed by atoms with Crippen LogP contribution in [0.5, 0.6) is 0 Å². The first kappa shape index (κ1) is 6.97. The molecule has 1 radical (unpaired) electrons. The first-order valence-electron chi connectivity index (χ1n) is 3.55. The van der Waals surface area contributed by atoms with Gasteiger partial charge in [0.2, 0.25) is 0 Å². The van der Waals surface area contributed by atoms with Gasteiger partial charge in [0.1, 0.15) is 5.69 Å². The first-order chi connectivity index (χ1) is 5.86. The van der Waals surface area contributed by atoms with Crippen molar-refractivity contribution in [1.29, 1.82) is 0 Å². The van der Waals surface area contributed by atoms with Gasteiger partial charge in [-0.25, -0.2) is 15.0 Å². The maximum Gasteiger partial charge on any atom is 0.179 e. The minimum atomic E-state index is 0.634. The molecular weight excluding hydrogens is 152 g/mol. The fourth-order valence-electron chi connectivity index (χ4n) is 0.913. The van der Waals surface area contributed by atoms with Gasteiger partial charge in [-0.05, 0) is 6.07 Å². The highest BCUT2D eigenvalue weighted by Crippen LogP contribution is 2.07. The molecule has 0 aliphatic rings. The largest absolute Gasteiger partial charge is 0.331 e. The van der Waals surface area contributed by atoms with Gasteiger partial charge in [0.05, 0.1) is 0 Å². The zero-order chi connectivity index (χ0) is 8.39. The van der Waals surface area contributed by atoms with Gasteiger partial charge in [0, 0.05) is 25.6 Å². The van der Waals surface area contributed by atoms with Crippen LogP contribution < -0.4 is 0 Å². The normalized spacial score (nSPS) is 10.1. The highest BCUT2D eigenvalue weighted by atomic mass is 15.0. The average molecular weight is 159 g/mol. The van der Waals surface area contributed by atoms with Gasteiger partial charge in [-0.2, -0.15) is 0 Å². The Labute approximate surface area is 69.9 Å². The van der Waals surface area contributed by atoms with Crippen LogP contribution in [0.25, 0.3) is 11.5 Å². The molecule has 0 aliphatic carbocycles. The zero-order valence-electron chi connectivity index (χ0n) is 6.60. The van der Waals surface area contributed by atoms with Crippen molar-refractivity contribution in [3.8, 4) is 11.5 Å². The molecule has 2 aromatic rings. The average Bonchev–Trinajstić information content (AvgIpc) is 2.54. The van der Waals surface area contributed by atoms with Crippen LogP contribution in [-0.4, -0.2) is 19.5 Å². The van der Waals surface area contributed by atoms with Gasteiger partial charge >= 0.3 is 0 Å². The summed E-state index contributed by atoms with van der Waals surface area (Å²) in [7, 11) is 1.86. The Morgan fingerprint density at radius 3 is 2.67 bits per heavy atom. The van der Waals surface area contributed by atoms with Gasteiger partial charge < -0.3 is 4.57 Å². The van der Waals surface area contributed by atoms with Gasteiger partial charge in [0.25, 0.3) is 0 Å². The summed E-state index contributed by atoms with van der Waals surface area (Å²) < 4.78 is 1.74. The summed E-state index contributed by atoms with van der Waals surface area (Å²) in [5.74, 6) is 0.634. The molecule has 0 saturated heterocycles. The summed E-state index contributed by atoms with van der Waals surface area (Å²) in [5, 5.41) is 0. The monoisotopic (exact) mass is 159 g/mol. The molecule has 0 spiro atoms. The van der Waals surface area contributed by atoms with Crippen LogP contribution in [-0.2, 0) is 7.05 Å². The Balaban J connectivity index is 2.45. The molecule has 2 heterocycles. The highest BCUT2D eigenvalue weighted by molar-refractivity contribution is 5.46.